The van der Waals surface area contributed by atoms with Crippen LogP contribution in [0.3, 0.4) is 0 Å². The molecule has 2 aliphatic rings. The van der Waals surface area contributed by atoms with Crippen LogP contribution >= 0.6 is 0 Å². The maximum absolute atomic E-state index is 13.2. The van der Waals surface area contributed by atoms with E-state index in [1.807, 2.05) is 20.8 Å². The van der Waals surface area contributed by atoms with Crippen LogP contribution in [-0.4, -0.2) is 64.6 Å². The van der Waals surface area contributed by atoms with Crippen LogP contribution in [-0.2, 0) is 4.74 Å². The largest absolute Gasteiger partial charge is 0.477 e. The number of Topliss-reactive ketones (excluding diaryl/α,β-unsaturated/α-hetero) is 1. The smallest absolute Gasteiger partial charge is 0.410 e. The number of hydrogen-bond donors (Lipinski definition) is 1. The number of benzene rings is 1. The number of carbonyl (C=O) groups is 3. The Balaban J connectivity index is 0.00000141. The number of aliphatic hydroxyl groups excluding tert-OH is 1. The van der Waals surface area contributed by atoms with E-state index in [1.54, 1.807) is 41.4 Å². The summed E-state index contributed by atoms with van der Waals surface area (Å²) in [5.41, 5.74) is 1.03. The molecule has 8 nitrogen and oxygen atoms in total. The van der Waals surface area contributed by atoms with Crippen LogP contribution in [0.2, 0.25) is 0 Å². The van der Waals surface area contributed by atoms with Crippen molar-refractivity contribution in [2.45, 2.75) is 44.8 Å². The summed E-state index contributed by atoms with van der Waals surface area (Å²) >= 11 is 0. The van der Waals surface area contributed by atoms with E-state index in [0.717, 1.165) is 19.0 Å². The molecule has 1 saturated heterocycles. The fourth-order valence-electron chi connectivity index (χ4n) is 3.80. The van der Waals surface area contributed by atoms with Crippen molar-refractivity contribution in [2.75, 3.05) is 20.2 Å². The van der Waals surface area contributed by atoms with Gasteiger partial charge in [0.2, 0.25) is 5.78 Å². The molecule has 3 heterocycles. The summed E-state index contributed by atoms with van der Waals surface area (Å²) in [5, 5.41) is 7.00. The van der Waals surface area contributed by atoms with Crippen molar-refractivity contribution >= 4 is 18.2 Å². The van der Waals surface area contributed by atoms with Crippen LogP contribution in [0.5, 0.6) is 5.75 Å². The van der Waals surface area contributed by atoms with E-state index in [2.05, 4.69) is 4.98 Å². The number of aromatic nitrogens is 1. The summed E-state index contributed by atoms with van der Waals surface area (Å²) in [4.78, 5) is 42.4. The van der Waals surface area contributed by atoms with E-state index in [0.29, 0.717) is 48.5 Å². The van der Waals surface area contributed by atoms with E-state index in [-0.39, 0.29) is 11.9 Å². The Morgan fingerprint density at radius 1 is 1.19 bits per heavy atom. The van der Waals surface area contributed by atoms with Gasteiger partial charge in [0.1, 0.15) is 17.6 Å². The Kier molecular flexibility index (Phi) is 6.64. The fraction of sp³-hybridized carbons (Fsp3) is 0.417. The van der Waals surface area contributed by atoms with Crippen LogP contribution < -0.4 is 4.74 Å². The third-order valence-corrected chi connectivity index (χ3v) is 5.40. The minimum Gasteiger partial charge on any atom is -0.477 e. The maximum Gasteiger partial charge on any atom is 0.410 e. The highest BCUT2D eigenvalue weighted by molar-refractivity contribution is 6.08. The first kappa shape index (κ1) is 23.4. The topological polar surface area (TPSA) is 106 Å². The van der Waals surface area contributed by atoms with Gasteiger partial charge in [0.25, 0.3) is 0 Å². The number of aldehydes is 1. The lowest BCUT2D eigenvalue weighted by Gasteiger charge is -2.37. The molecule has 2 aliphatic heterocycles. The molecule has 1 aromatic carbocycles. The monoisotopic (exact) mass is 440 g/mol. The molecular formula is C24H28N2O6. The Morgan fingerprint density at radius 3 is 2.38 bits per heavy atom. The van der Waals surface area contributed by atoms with Gasteiger partial charge in [-0.1, -0.05) is 24.3 Å². The summed E-state index contributed by atoms with van der Waals surface area (Å²) in [6, 6.07) is 8.76. The quantitative estimate of drug-likeness (QED) is 0.712. The van der Waals surface area contributed by atoms with Gasteiger partial charge in [-0.3, -0.25) is 14.6 Å². The summed E-state index contributed by atoms with van der Waals surface area (Å²) in [6.07, 6.45) is 2.80. The van der Waals surface area contributed by atoms with Crippen molar-refractivity contribution < 1.29 is 29.0 Å². The molecule has 1 N–H and O–H groups in total. The molecule has 1 aromatic heterocycles. The highest BCUT2D eigenvalue weighted by atomic mass is 16.6. The van der Waals surface area contributed by atoms with Crippen LogP contribution in [0.15, 0.2) is 36.5 Å². The van der Waals surface area contributed by atoms with Gasteiger partial charge in [-0.25, -0.2) is 4.79 Å². The average Bonchev–Trinajstić information content (AvgIpc) is 3.05. The number of rotatable bonds is 2. The first-order valence-corrected chi connectivity index (χ1v) is 10.4. The van der Waals surface area contributed by atoms with E-state index in [4.69, 9.17) is 14.6 Å². The van der Waals surface area contributed by atoms with Crippen molar-refractivity contribution in [3.63, 3.8) is 0 Å². The van der Waals surface area contributed by atoms with Crippen molar-refractivity contribution in [3.8, 4) is 17.0 Å². The molecule has 0 bridgehead atoms. The van der Waals surface area contributed by atoms with Crippen molar-refractivity contribution in [1.29, 1.82) is 0 Å². The number of ether oxygens (including phenoxy) is 2. The zero-order chi connectivity index (χ0) is 23.5. The lowest BCUT2D eigenvalue weighted by molar-refractivity contribution is -0.00480. The SMILES string of the molecule is CC(C)(C)OC(=O)N1CCC2(CC1)Oc1cnc(-c3ccc(C=O)cc3)cc1C2=O.CO. The number of carbonyl (C=O) groups excluding carboxylic acids is 3. The first-order valence-electron chi connectivity index (χ1n) is 10.4. The Hall–Kier alpha value is -3.26. The second kappa shape index (κ2) is 9.08. The lowest BCUT2D eigenvalue weighted by atomic mass is 9.86. The summed E-state index contributed by atoms with van der Waals surface area (Å²) < 4.78 is 11.5. The van der Waals surface area contributed by atoms with Gasteiger partial charge in [-0.2, -0.15) is 0 Å². The minimum atomic E-state index is -0.956. The molecule has 32 heavy (non-hydrogen) atoms. The van der Waals surface area contributed by atoms with Crippen LogP contribution in [0, 0.1) is 0 Å². The van der Waals surface area contributed by atoms with Crippen LogP contribution in [0.25, 0.3) is 11.3 Å². The van der Waals surface area contributed by atoms with Gasteiger partial charge in [-0.05, 0) is 26.8 Å². The molecule has 0 unspecified atom stereocenters. The molecule has 1 spiro atoms. The Bertz CT molecular complexity index is 1000. The fourth-order valence-corrected chi connectivity index (χ4v) is 3.80. The Labute approximate surface area is 187 Å². The van der Waals surface area contributed by atoms with Gasteiger partial charge in [0.05, 0.1) is 17.5 Å². The highest BCUT2D eigenvalue weighted by Crippen LogP contribution is 2.42. The van der Waals surface area contributed by atoms with E-state index < -0.39 is 11.2 Å². The summed E-state index contributed by atoms with van der Waals surface area (Å²) in [6.45, 7) is 6.26. The van der Waals surface area contributed by atoms with Crippen LogP contribution in [0.4, 0.5) is 4.79 Å². The Morgan fingerprint density at radius 2 is 1.81 bits per heavy atom. The number of hydrogen-bond acceptors (Lipinski definition) is 7. The molecule has 0 aliphatic carbocycles. The number of pyridine rings is 1. The molecule has 0 atom stereocenters. The minimum absolute atomic E-state index is 0.0745. The zero-order valence-electron chi connectivity index (χ0n) is 18.8. The van der Waals surface area contributed by atoms with Gasteiger partial charge in [0.15, 0.2) is 5.60 Å². The summed E-state index contributed by atoms with van der Waals surface area (Å²) in [7, 11) is 1.00. The molecular weight excluding hydrogens is 412 g/mol. The third kappa shape index (κ3) is 4.65. The molecule has 1 fully saturated rings. The van der Waals surface area contributed by atoms with Gasteiger partial charge in [0, 0.05) is 44.2 Å². The lowest BCUT2D eigenvalue weighted by Crippen LogP contribution is -2.52. The number of nitrogens with zero attached hydrogens (tertiary/aromatic N) is 2. The van der Waals surface area contributed by atoms with Crippen molar-refractivity contribution in [1.82, 2.24) is 9.88 Å². The first-order chi connectivity index (χ1) is 15.2. The molecule has 8 heteroatoms. The maximum atomic E-state index is 13.2. The van der Waals surface area contributed by atoms with E-state index in [1.165, 1.54) is 0 Å². The zero-order valence-corrected chi connectivity index (χ0v) is 18.8. The number of fused-ring (bicyclic) bond motifs is 1. The second-order valence-electron chi connectivity index (χ2n) is 8.70. The third-order valence-electron chi connectivity index (χ3n) is 5.40. The van der Waals surface area contributed by atoms with Crippen molar-refractivity contribution in [2.24, 2.45) is 0 Å². The molecule has 1 amide bonds. The molecule has 2 aromatic rings. The molecule has 170 valence electrons. The molecule has 0 radical (unpaired) electrons. The second-order valence-corrected chi connectivity index (χ2v) is 8.70. The predicted molar refractivity (Wildman–Crippen MR) is 118 cm³/mol. The van der Waals surface area contributed by atoms with Gasteiger partial charge in [-0.15, -0.1) is 0 Å². The van der Waals surface area contributed by atoms with Gasteiger partial charge < -0.3 is 19.5 Å². The standard InChI is InChI=1S/C23H24N2O5.CH4O/c1-22(2,3)30-21(28)25-10-8-23(9-11-25)20(27)17-12-18(24-13-19(17)29-23)16-6-4-15(14-26)5-7-16;1-2/h4-7,12-14H,8-11H2,1-3H3;2H,1H3. The highest BCUT2D eigenvalue weighted by Gasteiger charge is 2.50. The number of piperidine rings is 1. The predicted octanol–water partition coefficient (Wildman–Crippen LogP) is 3.51. The number of aliphatic hydroxyl groups is 1. The van der Waals surface area contributed by atoms with E-state index >= 15 is 0 Å². The summed E-state index contributed by atoms with van der Waals surface area (Å²) in [5.74, 6) is 0.397. The number of likely N-dealkylation sites (tertiary alicyclic amines) is 1. The normalized spacial score (nSPS) is 16.5. The molecule has 0 saturated carbocycles. The average molecular weight is 440 g/mol. The number of amides is 1. The van der Waals surface area contributed by atoms with Gasteiger partial charge >= 0.3 is 6.09 Å². The van der Waals surface area contributed by atoms with Crippen LogP contribution in [0.1, 0.15) is 54.3 Å². The molecule has 4 rings (SSSR count). The van der Waals surface area contributed by atoms with Crippen molar-refractivity contribution in [3.05, 3.63) is 47.7 Å². The number of ketones is 1. The van der Waals surface area contributed by atoms with E-state index in [9.17, 15) is 14.4 Å².